The van der Waals surface area contributed by atoms with E-state index in [1.807, 2.05) is 42.5 Å². The number of imide groups is 2. The number of carbonyl (C=O) groups excluding carboxylic acids is 4. The smallest absolute Gasteiger partial charge is 0.325 e. The van der Waals surface area contributed by atoms with Gasteiger partial charge in [-0.3, -0.25) is 19.3 Å². The Morgan fingerprint density at radius 1 is 0.846 bits per heavy atom. The highest BCUT2D eigenvalue weighted by Gasteiger charge is 2.44. The average molecular weight is 351 g/mol. The van der Waals surface area contributed by atoms with Crippen molar-refractivity contribution in [1.29, 1.82) is 0 Å². The first-order valence-corrected chi connectivity index (χ1v) is 8.14. The monoisotopic (exact) mass is 351 g/mol. The largest absolute Gasteiger partial charge is 0.334 e. The lowest BCUT2D eigenvalue weighted by Gasteiger charge is -2.14. The first kappa shape index (κ1) is 17.3. The summed E-state index contributed by atoms with van der Waals surface area (Å²) in [4.78, 5) is 49.0. The molecule has 5 amide bonds. The van der Waals surface area contributed by atoms with Crippen LogP contribution in [0.15, 0.2) is 54.6 Å². The lowest BCUT2D eigenvalue weighted by Crippen LogP contribution is -2.38. The van der Waals surface area contributed by atoms with Crippen LogP contribution in [0.4, 0.5) is 10.5 Å². The van der Waals surface area contributed by atoms with Crippen LogP contribution in [0.25, 0.3) is 11.1 Å². The molecule has 1 N–H and O–H groups in total. The Hall–Kier alpha value is -3.48. The average Bonchev–Trinajstić information content (AvgIpc) is 2.86. The van der Waals surface area contributed by atoms with E-state index in [0.717, 1.165) is 16.0 Å². The van der Waals surface area contributed by atoms with Gasteiger partial charge >= 0.3 is 17.8 Å². The molecule has 0 unspecified atom stereocenters. The predicted molar refractivity (Wildman–Crippen MR) is 95.0 cm³/mol. The molecule has 132 valence electrons. The minimum absolute atomic E-state index is 0.0858. The molecule has 0 aliphatic carbocycles. The maximum absolute atomic E-state index is 12.1. The molecule has 0 atom stereocenters. The number of carbonyl (C=O) groups is 4. The maximum atomic E-state index is 12.1. The Kier molecular flexibility index (Phi) is 4.79. The van der Waals surface area contributed by atoms with Crippen LogP contribution in [-0.4, -0.2) is 46.6 Å². The van der Waals surface area contributed by atoms with E-state index in [1.54, 1.807) is 19.1 Å². The van der Waals surface area contributed by atoms with Crippen LogP contribution in [0.3, 0.4) is 0 Å². The minimum atomic E-state index is -0.980. The van der Waals surface area contributed by atoms with Crippen molar-refractivity contribution in [2.24, 2.45) is 0 Å². The predicted octanol–water partition coefficient (Wildman–Crippen LogP) is 2.10. The van der Waals surface area contributed by atoms with Crippen molar-refractivity contribution < 1.29 is 19.2 Å². The third-order valence-electron chi connectivity index (χ3n) is 4.03. The third kappa shape index (κ3) is 3.32. The second-order valence-electron chi connectivity index (χ2n) is 5.71. The normalized spacial score (nSPS) is 14.1. The van der Waals surface area contributed by atoms with Crippen LogP contribution in [0.5, 0.6) is 0 Å². The molecule has 7 heteroatoms. The molecule has 26 heavy (non-hydrogen) atoms. The van der Waals surface area contributed by atoms with E-state index in [2.05, 4.69) is 5.32 Å². The van der Waals surface area contributed by atoms with E-state index in [1.165, 1.54) is 0 Å². The summed E-state index contributed by atoms with van der Waals surface area (Å²) in [5.74, 6) is -2.44. The number of nitrogens with one attached hydrogen (secondary N) is 1. The first-order chi connectivity index (χ1) is 12.5. The molecule has 0 saturated carbocycles. The van der Waals surface area contributed by atoms with Gasteiger partial charge in [0.2, 0.25) is 5.91 Å². The summed E-state index contributed by atoms with van der Waals surface area (Å²) < 4.78 is 0. The zero-order chi connectivity index (χ0) is 18.7. The van der Waals surface area contributed by atoms with Crippen molar-refractivity contribution in [3.63, 3.8) is 0 Å². The number of benzene rings is 2. The highest BCUT2D eigenvalue weighted by atomic mass is 16.2. The van der Waals surface area contributed by atoms with Gasteiger partial charge in [-0.25, -0.2) is 9.69 Å². The number of anilines is 1. The van der Waals surface area contributed by atoms with Crippen molar-refractivity contribution in [2.75, 3.05) is 18.4 Å². The number of hydrogen-bond acceptors (Lipinski definition) is 4. The molecule has 1 aliphatic rings. The summed E-state index contributed by atoms with van der Waals surface area (Å²) in [6.07, 6.45) is 0. The van der Waals surface area contributed by atoms with Crippen molar-refractivity contribution in [3.8, 4) is 11.1 Å². The minimum Gasteiger partial charge on any atom is -0.325 e. The number of likely N-dealkylation sites (N-methyl/N-ethyl adjacent to an activating group) is 1. The molecular formula is C19H17N3O4. The van der Waals surface area contributed by atoms with E-state index < -0.39 is 30.3 Å². The summed E-state index contributed by atoms with van der Waals surface area (Å²) >= 11 is 0. The van der Waals surface area contributed by atoms with Gasteiger partial charge in [0.15, 0.2) is 0 Å². The first-order valence-electron chi connectivity index (χ1n) is 8.14. The van der Waals surface area contributed by atoms with Gasteiger partial charge in [0.1, 0.15) is 6.54 Å². The van der Waals surface area contributed by atoms with Crippen LogP contribution >= 0.6 is 0 Å². The zero-order valence-corrected chi connectivity index (χ0v) is 14.1. The fraction of sp³-hybridized carbons (Fsp3) is 0.158. The fourth-order valence-electron chi connectivity index (χ4n) is 2.69. The van der Waals surface area contributed by atoms with Crippen LogP contribution in [-0.2, 0) is 14.4 Å². The van der Waals surface area contributed by atoms with Crippen LogP contribution in [0.1, 0.15) is 6.92 Å². The topological polar surface area (TPSA) is 86.8 Å². The molecule has 0 spiro atoms. The van der Waals surface area contributed by atoms with Crippen LogP contribution in [0, 0.1) is 0 Å². The Balaban J connectivity index is 1.64. The summed E-state index contributed by atoms with van der Waals surface area (Å²) in [5.41, 5.74) is 2.59. The molecule has 1 heterocycles. The molecule has 2 aromatic carbocycles. The Morgan fingerprint density at radius 3 is 2.00 bits per heavy atom. The number of rotatable bonds is 5. The molecular weight excluding hydrogens is 334 g/mol. The summed E-state index contributed by atoms with van der Waals surface area (Å²) in [6, 6.07) is 16.2. The molecule has 1 aliphatic heterocycles. The highest BCUT2D eigenvalue weighted by Crippen LogP contribution is 2.21. The van der Waals surface area contributed by atoms with Crippen molar-refractivity contribution in [1.82, 2.24) is 9.80 Å². The molecule has 2 aromatic rings. The Morgan fingerprint density at radius 2 is 1.42 bits per heavy atom. The summed E-state index contributed by atoms with van der Waals surface area (Å²) in [7, 11) is 0. The summed E-state index contributed by atoms with van der Waals surface area (Å²) in [5, 5.41) is 2.62. The SMILES string of the molecule is CCN1C(=O)C(=O)N(CC(=O)Nc2ccc(-c3ccccc3)cc2)C1=O. The molecule has 1 saturated heterocycles. The zero-order valence-electron chi connectivity index (χ0n) is 14.1. The number of amides is 5. The molecule has 0 aromatic heterocycles. The highest BCUT2D eigenvalue weighted by molar-refractivity contribution is 6.45. The Bertz CT molecular complexity index is 862. The van der Waals surface area contributed by atoms with E-state index >= 15 is 0 Å². The molecule has 3 rings (SSSR count). The number of urea groups is 1. The van der Waals surface area contributed by atoms with Crippen molar-refractivity contribution in [2.45, 2.75) is 6.92 Å². The number of nitrogens with zero attached hydrogens (tertiary/aromatic N) is 2. The van der Waals surface area contributed by atoms with Crippen molar-refractivity contribution >= 4 is 29.4 Å². The van der Waals surface area contributed by atoms with Crippen LogP contribution in [0.2, 0.25) is 0 Å². The second kappa shape index (κ2) is 7.18. The van der Waals surface area contributed by atoms with E-state index in [-0.39, 0.29) is 6.54 Å². The standard InChI is InChI=1S/C19H17N3O4/c1-2-21-17(24)18(25)22(19(21)26)12-16(23)20-15-10-8-14(9-11-15)13-6-4-3-5-7-13/h3-11H,2,12H2,1H3,(H,20,23). The molecule has 0 radical (unpaired) electrons. The maximum Gasteiger partial charge on any atom is 0.334 e. The van der Waals surface area contributed by atoms with Gasteiger partial charge in [-0.05, 0) is 30.2 Å². The van der Waals surface area contributed by atoms with Gasteiger partial charge in [-0.2, -0.15) is 0 Å². The van der Waals surface area contributed by atoms with Gasteiger partial charge in [-0.1, -0.05) is 42.5 Å². The van der Waals surface area contributed by atoms with Gasteiger partial charge in [0.25, 0.3) is 0 Å². The van der Waals surface area contributed by atoms with Gasteiger partial charge in [0, 0.05) is 12.2 Å². The van der Waals surface area contributed by atoms with E-state index in [9.17, 15) is 19.2 Å². The molecule has 0 bridgehead atoms. The second-order valence-corrected chi connectivity index (χ2v) is 5.71. The lowest BCUT2D eigenvalue weighted by molar-refractivity contribution is -0.143. The van der Waals surface area contributed by atoms with Crippen LogP contribution < -0.4 is 5.32 Å². The molecule has 1 fully saturated rings. The number of hydrogen-bond donors (Lipinski definition) is 1. The summed E-state index contributed by atoms with van der Waals surface area (Å²) in [6.45, 7) is 1.17. The third-order valence-corrected chi connectivity index (χ3v) is 4.03. The van der Waals surface area contributed by atoms with Gasteiger partial charge < -0.3 is 5.32 Å². The fourth-order valence-corrected chi connectivity index (χ4v) is 2.69. The quantitative estimate of drug-likeness (QED) is 0.660. The Labute approximate surface area is 150 Å². The van der Waals surface area contributed by atoms with Gasteiger partial charge in [0.05, 0.1) is 0 Å². The van der Waals surface area contributed by atoms with Gasteiger partial charge in [-0.15, -0.1) is 0 Å². The van der Waals surface area contributed by atoms with E-state index in [0.29, 0.717) is 10.6 Å². The molecule has 7 nitrogen and oxygen atoms in total. The van der Waals surface area contributed by atoms with Crippen molar-refractivity contribution in [3.05, 3.63) is 54.6 Å². The lowest BCUT2D eigenvalue weighted by atomic mass is 10.1. The van der Waals surface area contributed by atoms with E-state index in [4.69, 9.17) is 0 Å².